The van der Waals surface area contributed by atoms with Crippen LogP contribution in [-0.2, 0) is 22.5 Å². The zero-order chi connectivity index (χ0) is 20.0. The number of ether oxygens (including phenoxy) is 2. The first-order valence-electron chi connectivity index (χ1n) is 8.31. The van der Waals surface area contributed by atoms with Crippen LogP contribution in [0.5, 0.6) is 5.75 Å². The van der Waals surface area contributed by atoms with Crippen molar-refractivity contribution in [3.05, 3.63) is 56.2 Å². The van der Waals surface area contributed by atoms with Crippen molar-refractivity contribution in [3.8, 4) is 5.75 Å². The van der Waals surface area contributed by atoms with Crippen LogP contribution in [0, 0.1) is 0 Å². The minimum absolute atomic E-state index is 0.0432. The Morgan fingerprint density at radius 3 is 2.44 bits per heavy atom. The molecule has 0 aliphatic rings. The summed E-state index contributed by atoms with van der Waals surface area (Å²) in [4.78, 5) is 49.9. The summed E-state index contributed by atoms with van der Waals surface area (Å²) in [6.07, 6.45) is 0.541. The van der Waals surface area contributed by atoms with Crippen molar-refractivity contribution in [2.24, 2.45) is 0 Å². The molecule has 0 fully saturated rings. The quantitative estimate of drug-likeness (QED) is 0.507. The molecule has 0 atom stereocenters. The molecule has 2 rings (SSSR count). The van der Waals surface area contributed by atoms with E-state index in [0.717, 1.165) is 4.57 Å². The van der Waals surface area contributed by atoms with Crippen molar-refractivity contribution in [1.82, 2.24) is 9.55 Å². The van der Waals surface area contributed by atoms with E-state index < -0.39 is 29.6 Å². The fourth-order valence-electron chi connectivity index (χ4n) is 2.48. The third kappa shape index (κ3) is 4.84. The molecule has 0 unspecified atom stereocenters. The molecule has 0 saturated heterocycles. The SMILES string of the molecule is CCCn1c(N)c(C(=O)COC(=O)Cc2ccc(OC)cc2)c(=O)[nH]c1=O. The molecule has 144 valence electrons. The number of benzene rings is 1. The number of aromatic nitrogens is 2. The predicted octanol–water partition coefficient (Wildman–Crippen LogP) is 0.506. The number of carbonyl (C=O) groups is 2. The van der Waals surface area contributed by atoms with Crippen LogP contribution in [0.15, 0.2) is 33.9 Å². The average Bonchev–Trinajstić information content (AvgIpc) is 2.64. The molecule has 0 saturated carbocycles. The molecular formula is C18H21N3O6. The number of ketones is 1. The standard InChI is InChI=1S/C18H21N3O6/c1-3-8-21-16(19)15(17(24)20-18(21)25)13(22)10-27-14(23)9-11-4-6-12(26-2)7-5-11/h4-7H,3,8-10,19H2,1-2H3,(H,20,24,25). The number of rotatable bonds is 8. The number of H-pyrrole nitrogens is 1. The Labute approximate surface area is 154 Å². The molecule has 0 amide bonds. The lowest BCUT2D eigenvalue weighted by Gasteiger charge is -2.11. The summed E-state index contributed by atoms with van der Waals surface area (Å²) in [6.45, 7) is 1.42. The van der Waals surface area contributed by atoms with Crippen LogP contribution in [0.1, 0.15) is 29.3 Å². The molecular weight excluding hydrogens is 354 g/mol. The van der Waals surface area contributed by atoms with E-state index in [1.807, 2.05) is 6.92 Å². The van der Waals surface area contributed by atoms with E-state index in [4.69, 9.17) is 15.2 Å². The molecule has 1 aromatic heterocycles. The minimum Gasteiger partial charge on any atom is -0.497 e. The van der Waals surface area contributed by atoms with E-state index in [0.29, 0.717) is 17.7 Å². The number of hydrogen-bond donors (Lipinski definition) is 2. The highest BCUT2D eigenvalue weighted by atomic mass is 16.5. The molecule has 9 heteroatoms. The van der Waals surface area contributed by atoms with Gasteiger partial charge in [0.2, 0.25) is 5.78 Å². The first kappa shape index (κ1) is 20.0. The molecule has 0 aliphatic carbocycles. The summed E-state index contributed by atoms with van der Waals surface area (Å²) < 4.78 is 11.1. The number of nitrogen functional groups attached to an aromatic ring is 1. The smallest absolute Gasteiger partial charge is 0.329 e. The first-order valence-corrected chi connectivity index (χ1v) is 8.31. The molecule has 0 bridgehead atoms. The Morgan fingerprint density at radius 1 is 1.19 bits per heavy atom. The van der Waals surface area contributed by atoms with Crippen molar-refractivity contribution in [2.75, 3.05) is 19.5 Å². The highest BCUT2D eigenvalue weighted by Crippen LogP contribution is 2.12. The van der Waals surface area contributed by atoms with Gasteiger partial charge < -0.3 is 15.2 Å². The van der Waals surface area contributed by atoms with Gasteiger partial charge in [-0.2, -0.15) is 0 Å². The lowest BCUT2D eigenvalue weighted by Crippen LogP contribution is -2.37. The molecule has 0 aliphatic heterocycles. The Kier molecular flexibility index (Phi) is 6.53. The summed E-state index contributed by atoms with van der Waals surface area (Å²) >= 11 is 0. The Morgan fingerprint density at radius 2 is 1.85 bits per heavy atom. The largest absolute Gasteiger partial charge is 0.497 e. The number of nitrogens with one attached hydrogen (secondary N) is 1. The van der Waals surface area contributed by atoms with Gasteiger partial charge in [0.1, 0.15) is 17.1 Å². The van der Waals surface area contributed by atoms with E-state index in [-0.39, 0.29) is 24.3 Å². The van der Waals surface area contributed by atoms with Crippen LogP contribution >= 0.6 is 0 Å². The summed E-state index contributed by atoms with van der Waals surface area (Å²) in [5.41, 5.74) is 4.50. The van der Waals surface area contributed by atoms with Gasteiger partial charge in [0, 0.05) is 6.54 Å². The molecule has 2 aromatic rings. The van der Waals surface area contributed by atoms with Crippen molar-refractivity contribution >= 4 is 17.6 Å². The van der Waals surface area contributed by atoms with E-state index >= 15 is 0 Å². The molecule has 0 spiro atoms. The lowest BCUT2D eigenvalue weighted by molar-refractivity contribution is -0.141. The second kappa shape index (κ2) is 8.84. The summed E-state index contributed by atoms with van der Waals surface area (Å²) in [5.74, 6) is -0.993. The van der Waals surface area contributed by atoms with E-state index in [2.05, 4.69) is 4.98 Å². The van der Waals surface area contributed by atoms with Gasteiger partial charge in [0.25, 0.3) is 5.56 Å². The van der Waals surface area contributed by atoms with Gasteiger partial charge in [-0.15, -0.1) is 0 Å². The van der Waals surface area contributed by atoms with Gasteiger partial charge in [0.15, 0.2) is 6.61 Å². The lowest BCUT2D eigenvalue weighted by atomic mass is 10.1. The maximum absolute atomic E-state index is 12.3. The van der Waals surface area contributed by atoms with Gasteiger partial charge >= 0.3 is 11.7 Å². The van der Waals surface area contributed by atoms with E-state index in [1.54, 1.807) is 24.3 Å². The number of methoxy groups -OCH3 is 1. The number of anilines is 1. The molecule has 1 aromatic carbocycles. The zero-order valence-electron chi connectivity index (χ0n) is 15.1. The van der Waals surface area contributed by atoms with Gasteiger partial charge in [-0.1, -0.05) is 19.1 Å². The molecule has 3 N–H and O–H groups in total. The Balaban J connectivity index is 2.06. The van der Waals surface area contributed by atoms with Crippen LogP contribution in [-0.4, -0.2) is 35.0 Å². The number of esters is 1. The van der Waals surface area contributed by atoms with Crippen LogP contribution in [0.3, 0.4) is 0 Å². The fourth-order valence-corrected chi connectivity index (χ4v) is 2.48. The highest BCUT2D eigenvalue weighted by molar-refractivity contribution is 6.01. The predicted molar refractivity (Wildman–Crippen MR) is 98.0 cm³/mol. The maximum Gasteiger partial charge on any atom is 0.329 e. The second-order valence-corrected chi connectivity index (χ2v) is 5.78. The van der Waals surface area contributed by atoms with Crippen molar-refractivity contribution in [3.63, 3.8) is 0 Å². The average molecular weight is 375 g/mol. The van der Waals surface area contributed by atoms with Crippen LogP contribution in [0.2, 0.25) is 0 Å². The molecule has 27 heavy (non-hydrogen) atoms. The van der Waals surface area contributed by atoms with Gasteiger partial charge in [-0.3, -0.25) is 23.9 Å². The van der Waals surface area contributed by atoms with Gasteiger partial charge in [-0.25, -0.2) is 4.79 Å². The van der Waals surface area contributed by atoms with Gasteiger partial charge in [0.05, 0.1) is 13.5 Å². The number of nitrogens with zero attached hydrogens (tertiary/aromatic N) is 1. The molecule has 0 radical (unpaired) electrons. The monoisotopic (exact) mass is 375 g/mol. The molecule has 9 nitrogen and oxygen atoms in total. The number of carbonyl (C=O) groups excluding carboxylic acids is 2. The number of hydrogen-bond acceptors (Lipinski definition) is 7. The Hall–Kier alpha value is -3.36. The molecule has 1 heterocycles. The normalized spacial score (nSPS) is 10.4. The first-order chi connectivity index (χ1) is 12.9. The van der Waals surface area contributed by atoms with E-state index in [9.17, 15) is 19.2 Å². The van der Waals surface area contributed by atoms with Crippen molar-refractivity contribution in [1.29, 1.82) is 0 Å². The highest BCUT2D eigenvalue weighted by Gasteiger charge is 2.20. The van der Waals surface area contributed by atoms with Crippen LogP contribution in [0.4, 0.5) is 5.82 Å². The Bertz CT molecular complexity index is 943. The van der Waals surface area contributed by atoms with Gasteiger partial charge in [-0.05, 0) is 24.1 Å². The fraction of sp³-hybridized carbons (Fsp3) is 0.333. The number of Topliss-reactive ketones (excluding diaryl/α,β-unsaturated/α-hetero) is 1. The van der Waals surface area contributed by atoms with Crippen LogP contribution < -0.4 is 21.7 Å². The second-order valence-electron chi connectivity index (χ2n) is 5.78. The maximum atomic E-state index is 12.3. The number of aromatic amines is 1. The summed E-state index contributed by atoms with van der Waals surface area (Å²) in [7, 11) is 1.53. The third-order valence-corrected chi connectivity index (χ3v) is 3.84. The third-order valence-electron chi connectivity index (χ3n) is 3.84. The summed E-state index contributed by atoms with van der Waals surface area (Å²) in [5, 5.41) is 0. The van der Waals surface area contributed by atoms with Crippen molar-refractivity contribution in [2.45, 2.75) is 26.3 Å². The van der Waals surface area contributed by atoms with Crippen molar-refractivity contribution < 1.29 is 19.1 Å². The van der Waals surface area contributed by atoms with E-state index in [1.165, 1.54) is 7.11 Å². The van der Waals surface area contributed by atoms with Crippen LogP contribution in [0.25, 0.3) is 0 Å². The topological polar surface area (TPSA) is 133 Å². The zero-order valence-corrected chi connectivity index (χ0v) is 15.1. The summed E-state index contributed by atoms with van der Waals surface area (Å²) in [6, 6.07) is 6.80. The number of nitrogens with two attached hydrogens (primary N) is 1. The minimum atomic E-state index is -0.902.